The van der Waals surface area contributed by atoms with Crippen molar-refractivity contribution in [3.63, 3.8) is 0 Å². The third-order valence-electron chi connectivity index (χ3n) is 4.82. The minimum atomic E-state index is -3.73. The minimum absolute atomic E-state index is 0.169. The van der Waals surface area contributed by atoms with Crippen LogP contribution in [0.15, 0.2) is 53.0 Å². The number of rotatable bonds is 9. The summed E-state index contributed by atoms with van der Waals surface area (Å²) >= 11 is 3.41. The molecule has 2 rings (SSSR count). The zero-order chi connectivity index (χ0) is 23.2. The lowest BCUT2D eigenvalue weighted by molar-refractivity contribution is -0.139. The zero-order valence-electron chi connectivity index (χ0n) is 18.1. The first-order chi connectivity index (χ1) is 14.5. The number of anilines is 1. The molecule has 0 fully saturated rings. The van der Waals surface area contributed by atoms with Crippen molar-refractivity contribution in [3.8, 4) is 0 Å². The highest BCUT2D eigenvalue weighted by molar-refractivity contribution is 9.10. The summed E-state index contributed by atoms with van der Waals surface area (Å²) in [6.45, 7) is 5.42. The average molecular weight is 510 g/mol. The summed E-state index contributed by atoms with van der Waals surface area (Å²) < 4.78 is 27.0. The Morgan fingerprint density at radius 3 is 2.39 bits per heavy atom. The average Bonchev–Trinajstić information content (AvgIpc) is 2.69. The SMILES string of the molecule is CCNC(=O)[C@H](C)N(Cc1cccc(Br)c1)C(=O)CN(c1ccccc1C)S(C)(=O)=O. The molecule has 2 aromatic rings. The van der Waals surface area contributed by atoms with Gasteiger partial charge in [-0.15, -0.1) is 0 Å². The lowest BCUT2D eigenvalue weighted by Crippen LogP contribution is -2.51. The predicted molar refractivity (Wildman–Crippen MR) is 126 cm³/mol. The number of amides is 2. The number of nitrogens with zero attached hydrogens (tertiary/aromatic N) is 2. The predicted octanol–water partition coefficient (Wildman–Crippen LogP) is 3.08. The van der Waals surface area contributed by atoms with E-state index in [2.05, 4.69) is 21.2 Å². The highest BCUT2D eigenvalue weighted by Crippen LogP contribution is 2.23. The molecule has 168 valence electrons. The minimum Gasteiger partial charge on any atom is -0.355 e. The zero-order valence-corrected chi connectivity index (χ0v) is 20.5. The molecule has 31 heavy (non-hydrogen) atoms. The summed E-state index contributed by atoms with van der Waals surface area (Å²) in [5.41, 5.74) is 1.99. The van der Waals surface area contributed by atoms with Crippen LogP contribution in [0.3, 0.4) is 0 Å². The van der Waals surface area contributed by atoms with Crippen molar-refractivity contribution in [2.45, 2.75) is 33.4 Å². The Labute approximate surface area is 192 Å². The molecule has 0 aliphatic carbocycles. The van der Waals surface area contributed by atoms with Gasteiger partial charge in [0, 0.05) is 17.6 Å². The van der Waals surface area contributed by atoms with Crippen molar-refractivity contribution in [1.29, 1.82) is 0 Å². The molecule has 0 spiro atoms. The van der Waals surface area contributed by atoms with E-state index in [1.807, 2.05) is 24.3 Å². The van der Waals surface area contributed by atoms with Crippen molar-refractivity contribution < 1.29 is 18.0 Å². The first kappa shape index (κ1) is 24.9. The van der Waals surface area contributed by atoms with E-state index in [9.17, 15) is 18.0 Å². The van der Waals surface area contributed by atoms with Crippen LogP contribution in [0, 0.1) is 6.92 Å². The van der Waals surface area contributed by atoms with Crippen molar-refractivity contribution >= 4 is 43.5 Å². The summed E-state index contributed by atoms with van der Waals surface area (Å²) in [5.74, 6) is -0.764. The molecule has 2 amide bonds. The van der Waals surface area contributed by atoms with Gasteiger partial charge in [-0.1, -0.05) is 46.3 Å². The van der Waals surface area contributed by atoms with Gasteiger partial charge in [0.25, 0.3) is 0 Å². The van der Waals surface area contributed by atoms with E-state index in [1.165, 1.54) is 4.90 Å². The monoisotopic (exact) mass is 509 g/mol. The van der Waals surface area contributed by atoms with E-state index in [0.29, 0.717) is 12.2 Å². The molecule has 0 aromatic heterocycles. The summed E-state index contributed by atoms with van der Waals surface area (Å²) in [6.07, 6.45) is 1.07. The van der Waals surface area contributed by atoms with E-state index in [-0.39, 0.29) is 12.5 Å². The molecule has 1 atom stereocenters. The van der Waals surface area contributed by atoms with Gasteiger partial charge in [-0.05, 0) is 50.1 Å². The summed E-state index contributed by atoms with van der Waals surface area (Å²) in [4.78, 5) is 27.3. The number of para-hydroxylation sites is 1. The highest BCUT2D eigenvalue weighted by Gasteiger charge is 2.30. The number of hydrogen-bond donors (Lipinski definition) is 1. The molecule has 0 radical (unpaired) electrons. The lowest BCUT2D eigenvalue weighted by atomic mass is 10.1. The molecular weight excluding hydrogens is 482 g/mol. The molecule has 0 bridgehead atoms. The number of likely N-dealkylation sites (N-methyl/N-ethyl adjacent to an activating group) is 1. The van der Waals surface area contributed by atoms with Crippen LogP contribution in [0.5, 0.6) is 0 Å². The lowest BCUT2D eigenvalue weighted by Gasteiger charge is -2.31. The number of aryl methyl sites for hydroxylation is 1. The third-order valence-corrected chi connectivity index (χ3v) is 6.44. The number of carbonyl (C=O) groups is 2. The first-order valence-corrected chi connectivity index (χ1v) is 12.5. The van der Waals surface area contributed by atoms with E-state index in [1.54, 1.807) is 45.0 Å². The molecule has 0 saturated carbocycles. The molecule has 0 heterocycles. The largest absolute Gasteiger partial charge is 0.355 e. The summed E-state index contributed by atoms with van der Waals surface area (Å²) in [7, 11) is -3.73. The van der Waals surface area contributed by atoms with Gasteiger partial charge in [-0.3, -0.25) is 13.9 Å². The van der Waals surface area contributed by atoms with Crippen LogP contribution >= 0.6 is 15.9 Å². The van der Waals surface area contributed by atoms with Crippen LogP contribution in [-0.2, 0) is 26.2 Å². The van der Waals surface area contributed by atoms with Gasteiger partial charge in [0.15, 0.2) is 0 Å². The Kier molecular flexibility index (Phi) is 8.64. The Morgan fingerprint density at radius 1 is 1.13 bits per heavy atom. The van der Waals surface area contributed by atoms with Crippen LogP contribution in [-0.4, -0.2) is 50.5 Å². The second kappa shape index (κ2) is 10.8. The van der Waals surface area contributed by atoms with Gasteiger partial charge < -0.3 is 10.2 Å². The second-order valence-corrected chi connectivity index (χ2v) is 10.1. The summed E-state index contributed by atoms with van der Waals surface area (Å²) in [6, 6.07) is 13.6. The number of carbonyl (C=O) groups excluding carboxylic acids is 2. The first-order valence-electron chi connectivity index (χ1n) is 9.89. The Hall–Kier alpha value is -2.39. The topological polar surface area (TPSA) is 86.8 Å². The molecular formula is C22H28BrN3O4S. The Balaban J connectivity index is 2.40. The number of halogens is 1. The highest BCUT2D eigenvalue weighted by atomic mass is 79.9. The second-order valence-electron chi connectivity index (χ2n) is 7.28. The smallest absolute Gasteiger partial charge is 0.244 e. The van der Waals surface area contributed by atoms with Crippen LogP contribution in [0.4, 0.5) is 5.69 Å². The van der Waals surface area contributed by atoms with Gasteiger partial charge in [0.05, 0.1) is 11.9 Å². The molecule has 0 unspecified atom stereocenters. The quantitative estimate of drug-likeness (QED) is 0.562. The van der Waals surface area contributed by atoms with Crippen molar-refractivity contribution in [1.82, 2.24) is 10.2 Å². The molecule has 0 aliphatic rings. The number of benzene rings is 2. The van der Waals surface area contributed by atoms with E-state index < -0.39 is 28.5 Å². The van der Waals surface area contributed by atoms with Crippen LogP contribution < -0.4 is 9.62 Å². The van der Waals surface area contributed by atoms with Gasteiger partial charge >= 0.3 is 0 Å². The normalized spacial score (nSPS) is 12.2. The number of sulfonamides is 1. The fraction of sp³-hybridized carbons (Fsp3) is 0.364. The number of nitrogens with one attached hydrogen (secondary N) is 1. The molecule has 9 heteroatoms. The van der Waals surface area contributed by atoms with Crippen LogP contribution in [0.2, 0.25) is 0 Å². The third kappa shape index (κ3) is 6.80. The van der Waals surface area contributed by atoms with Crippen LogP contribution in [0.25, 0.3) is 0 Å². The van der Waals surface area contributed by atoms with Gasteiger partial charge in [-0.2, -0.15) is 0 Å². The maximum absolute atomic E-state index is 13.4. The fourth-order valence-corrected chi connectivity index (χ4v) is 4.53. The van der Waals surface area contributed by atoms with Crippen molar-refractivity contribution in [3.05, 3.63) is 64.1 Å². The maximum atomic E-state index is 13.4. The molecule has 7 nitrogen and oxygen atoms in total. The van der Waals surface area contributed by atoms with Crippen LogP contribution in [0.1, 0.15) is 25.0 Å². The van der Waals surface area contributed by atoms with Gasteiger partial charge in [-0.25, -0.2) is 8.42 Å². The van der Waals surface area contributed by atoms with E-state index in [4.69, 9.17) is 0 Å². The fourth-order valence-electron chi connectivity index (χ4n) is 3.17. The summed E-state index contributed by atoms with van der Waals surface area (Å²) in [5, 5.41) is 2.73. The van der Waals surface area contributed by atoms with Gasteiger partial charge in [0.2, 0.25) is 21.8 Å². The standard InChI is InChI=1S/C22H28BrN3O4S/c1-5-24-22(28)17(3)25(14-18-10-8-11-19(23)13-18)21(27)15-26(31(4,29)30)20-12-7-6-9-16(20)2/h6-13,17H,5,14-15H2,1-4H3,(H,24,28)/t17-/m0/s1. The van der Waals surface area contributed by atoms with E-state index in [0.717, 1.165) is 26.2 Å². The van der Waals surface area contributed by atoms with Crippen molar-refractivity contribution in [2.24, 2.45) is 0 Å². The van der Waals surface area contributed by atoms with E-state index >= 15 is 0 Å². The Morgan fingerprint density at radius 2 is 1.81 bits per heavy atom. The van der Waals surface area contributed by atoms with Crippen molar-refractivity contribution in [2.75, 3.05) is 23.7 Å². The maximum Gasteiger partial charge on any atom is 0.244 e. The molecule has 2 aromatic carbocycles. The van der Waals surface area contributed by atoms with Gasteiger partial charge in [0.1, 0.15) is 12.6 Å². The Bertz CT molecular complexity index is 1040. The molecule has 1 N–H and O–H groups in total. The molecule has 0 saturated heterocycles. The molecule has 0 aliphatic heterocycles. The number of hydrogen-bond acceptors (Lipinski definition) is 4.